The Kier molecular flexibility index (Phi) is 7.33. The molecule has 0 saturated heterocycles. The molecule has 2 rings (SSSR count). The maximum absolute atomic E-state index is 12.4. The van der Waals surface area contributed by atoms with Gasteiger partial charge in [-0.1, -0.05) is 11.6 Å². The van der Waals surface area contributed by atoms with Crippen LogP contribution in [0.1, 0.15) is 6.92 Å². The molecule has 0 saturated carbocycles. The predicted octanol–water partition coefficient (Wildman–Crippen LogP) is 3.38. The largest absolute Gasteiger partial charge is 0.495 e. The van der Waals surface area contributed by atoms with E-state index in [0.29, 0.717) is 16.5 Å². The third-order valence-corrected chi connectivity index (χ3v) is 5.99. The highest BCUT2D eigenvalue weighted by Gasteiger charge is 2.16. The lowest BCUT2D eigenvalue weighted by molar-refractivity contribution is -0.114. The van der Waals surface area contributed by atoms with Crippen LogP contribution in [0.25, 0.3) is 0 Å². The van der Waals surface area contributed by atoms with Crippen LogP contribution < -0.4 is 14.8 Å². The number of thioether (sulfide) groups is 1. The maximum atomic E-state index is 12.4. The topological polar surface area (TPSA) is 84.5 Å². The monoisotopic (exact) mass is 414 g/mol. The lowest BCUT2D eigenvalue weighted by Crippen LogP contribution is -2.26. The average Bonchev–Trinajstić information content (AvgIpc) is 2.60. The Balaban J connectivity index is 1.98. The molecule has 0 aromatic heterocycles. The number of rotatable bonds is 8. The van der Waals surface area contributed by atoms with Gasteiger partial charge in [0.25, 0.3) is 0 Å². The Hall–Kier alpha value is -1.74. The first-order valence-corrected chi connectivity index (χ1v) is 10.5. The van der Waals surface area contributed by atoms with Crippen LogP contribution in [0.5, 0.6) is 5.75 Å². The van der Waals surface area contributed by atoms with Crippen molar-refractivity contribution >= 4 is 45.0 Å². The summed E-state index contributed by atoms with van der Waals surface area (Å²) in [4.78, 5) is 12.2. The third-order valence-electron chi connectivity index (χ3n) is 3.27. The van der Waals surface area contributed by atoms with E-state index in [9.17, 15) is 13.2 Å². The molecule has 2 aromatic rings. The van der Waals surface area contributed by atoms with E-state index in [1.807, 2.05) is 12.1 Å². The molecular formula is C17H19ClN2O4S2. The Morgan fingerprint density at radius 1 is 1.19 bits per heavy atom. The summed E-state index contributed by atoms with van der Waals surface area (Å²) < 4.78 is 32.5. The molecule has 9 heteroatoms. The number of sulfonamides is 1. The van der Waals surface area contributed by atoms with Crippen LogP contribution in [0.4, 0.5) is 5.69 Å². The molecule has 140 valence electrons. The van der Waals surface area contributed by atoms with Crippen molar-refractivity contribution in [3.05, 3.63) is 47.5 Å². The molecule has 0 atom stereocenters. The van der Waals surface area contributed by atoms with E-state index in [1.165, 1.54) is 44.0 Å². The van der Waals surface area contributed by atoms with Crippen molar-refractivity contribution < 1.29 is 17.9 Å². The van der Waals surface area contributed by atoms with Crippen molar-refractivity contribution in [2.24, 2.45) is 0 Å². The number of methoxy groups -OCH3 is 1. The van der Waals surface area contributed by atoms with Crippen LogP contribution in [-0.4, -0.2) is 33.7 Å². The summed E-state index contributed by atoms with van der Waals surface area (Å²) in [6.45, 7) is 1.63. The van der Waals surface area contributed by atoms with Crippen molar-refractivity contribution in [1.29, 1.82) is 0 Å². The summed E-state index contributed by atoms with van der Waals surface area (Å²) in [6.07, 6.45) is 0. The summed E-state index contributed by atoms with van der Waals surface area (Å²) in [5.74, 6) is 0.581. The van der Waals surface area contributed by atoms with E-state index in [1.54, 1.807) is 12.1 Å². The van der Waals surface area contributed by atoms with E-state index < -0.39 is 10.0 Å². The van der Waals surface area contributed by atoms with E-state index in [4.69, 9.17) is 16.3 Å². The fourth-order valence-corrected chi connectivity index (χ4v) is 4.16. The van der Waals surface area contributed by atoms with Crippen LogP contribution in [0.2, 0.25) is 5.02 Å². The van der Waals surface area contributed by atoms with Gasteiger partial charge in [0, 0.05) is 35.2 Å². The fourth-order valence-electron chi connectivity index (χ4n) is 2.09. The van der Waals surface area contributed by atoms with Gasteiger partial charge in [0.05, 0.1) is 17.7 Å². The van der Waals surface area contributed by atoms with Crippen molar-refractivity contribution in [2.45, 2.75) is 16.7 Å². The maximum Gasteiger partial charge on any atom is 0.240 e. The van der Waals surface area contributed by atoms with Crippen molar-refractivity contribution in [3.63, 3.8) is 0 Å². The molecular weight excluding hydrogens is 396 g/mol. The van der Waals surface area contributed by atoms with Gasteiger partial charge in [-0.15, -0.1) is 11.8 Å². The van der Waals surface area contributed by atoms with E-state index >= 15 is 0 Å². The molecule has 26 heavy (non-hydrogen) atoms. The Morgan fingerprint density at radius 3 is 2.50 bits per heavy atom. The van der Waals surface area contributed by atoms with Crippen LogP contribution in [-0.2, 0) is 14.8 Å². The minimum absolute atomic E-state index is 0.0694. The second-order valence-electron chi connectivity index (χ2n) is 5.24. The molecule has 0 bridgehead atoms. The Labute approximate surface area is 162 Å². The third kappa shape index (κ3) is 5.91. The fraction of sp³-hybridized carbons (Fsp3) is 0.235. The number of anilines is 1. The molecule has 0 unspecified atom stereocenters. The summed E-state index contributed by atoms with van der Waals surface area (Å²) >= 11 is 7.35. The molecule has 6 nitrogen and oxygen atoms in total. The van der Waals surface area contributed by atoms with Crippen molar-refractivity contribution in [2.75, 3.05) is 24.7 Å². The van der Waals surface area contributed by atoms with Gasteiger partial charge in [0.2, 0.25) is 15.9 Å². The number of halogens is 1. The van der Waals surface area contributed by atoms with Crippen LogP contribution >= 0.6 is 23.4 Å². The number of carbonyl (C=O) groups is 1. The Bertz CT molecular complexity index is 871. The molecule has 0 aliphatic heterocycles. The molecule has 0 aliphatic rings. The zero-order valence-electron chi connectivity index (χ0n) is 14.3. The number of amides is 1. The Morgan fingerprint density at radius 2 is 1.88 bits per heavy atom. The van der Waals surface area contributed by atoms with Crippen molar-refractivity contribution in [3.8, 4) is 5.75 Å². The van der Waals surface area contributed by atoms with Gasteiger partial charge in [-0.2, -0.15) is 0 Å². The van der Waals surface area contributed by atoms with Gasteiger partial charge in [0.15, 0.2) is 0 Å². The van der Waals surface area contributed by atoms with Gasteiger partial charge in [-0.05, 0) is 36.4 Å². The number of hydrogen-bond acceptors (Lipinski definition) is 5. The molecule has 0 radical (unpaired) electrons. The number of hydrogen-bond donors (Lipinski definition) is 2. The lowest BCUT2D eigenvalue weighted by atomic mass is 10.3. The minimum atomic E-state index is -3.68. The highest BCUT2D eigenvalue weighted by atomic mass is 35.5. The second-order valence-corrected chi connectivity index (χ2v) is 8.62. The lowest BCUT2D eigenvalue weighted by Gasteiger charge is -2.12. The van der Waals surface area contributed by atoms with E-state index in [-0.39, 0.29) is 23.1 Å². The minimum Gasteiger partial charge on any atom is -0.495 e. The number of ether oxygens (including phenoxy) is 1. The number of carbonyl (C=O) groups excluding carboxylic acids is 1. The first-order valence-electron chi connectivity index (χ1n) is 7.65. The predicted molar refractivity (Wildman–Crippen MR) is 105 cm³/mol. The van der Waals surface area contributed by atoms with Gasteiger partial charge in [0.1, 0.15) is 5.75 Å². The summed E-state index contributed by atoms with van der Waals surface area (Å²) in [5, 5.41) is 3.24. The van der Waals surface area contributed by atoms with Crippen molar-refractivity contribution in [1.82, 2.24) is 4.72 Å². The molecule has 0 spiro atoms. The smallest absolute Gasteiger partial charge is 0.240 e. The molecule has 2 N–H and O–H groups in total. The van der Waals surface area contributed by atoms with E-state index in [2.05, 4.69) is 10.0 Å². The highest BCUT2D eigenvalue weighted by Crippen LogP contribution is 2.27. The quantitative estimate of drug-likeness (QED) is 0.511. The molecule has 0 aliphatic carbocycles. The summed E-state index contributed by atoms with van der Waals surface area (Å²) in [7, 11) is -2.27. The van der Waals surface area contributed by atoms with Gasteiger partial charge in [-0.25, -0.2) is 13.1 Å². The molecule has 1 amide bonds. The van der Waals surface area contributed by atoms with Gasteiger partial charge < -0.3 is 10.1 Å². The zero-order chi connectivity index (χ0) is 19.2. The molecule has 0 heterocycles. The normalized spacial score (nSPS) is 11.2. The van der Waals surface area contributed by atoms with Crippen LogP contribution in [0.3, 0.4) is 0 Å². The molecule has 0 fully saturated rings. The first kappa shape index (κ1) is 20.6. The highest BCUT2D eigenvalue weighted by molar-refractivity contribution is 7.99. The van der Waals surface area contributed by atoms with Crippen LogP contribution in [0, 0.1) is 0 Å². The number of benzene rings is 2. The van der Waals surface area contributed by atoms with Gasteiger partial charge in [-0.3, -0.25) is 4.79 Å². The van der Waals surface area contributed by atoms with Crippen LogP contribution in [0.15, 0.2) is 52.3 Å². The number of nitrogens with one attached hydrogen (secondary N) is 2. The SMILES string of the molecule is COc1cc(S(=O)(=O)NCCSc2ccc(Cl)cc2)ccc1NC(C)=O. The standard InChI is InChI=1S/C17H19ClN2O4S2/c1-12(21)20-16-8-7-15(11-17(16)24-2)26(22,23)19-9-10-25-14-5-3-13(18)4-6-14/h3-8,11,19H,9-10H2,1-2H3,(H,20,21). The average molecular weight is 415 g/mol. The summed E-state index contributed by atoms with van der Waals surface area (Å²) in [6, 6.07) is 11.6. The van der Waals surface area contributed by atoms with E-state index in [0.717, 1.165) is 4.90 Å². The van der Waals surface area contributed by atoms with Gasteiger partial charge >= 0.3 is 0 Å². The summed E-state index contributed by atoms with van der Waals surface area (Å²) in [5.41, 5.74) is 0.414. The molecule has 2 aromatic carbocycles. The first-order chi connectivity index (χ1) is 12.3. The second kappa shape index (κ2) is 9.27. The zero-order valence-corrected chi connectivity index (χ0v) is 16.7.